The number of thioether (sulfide) groups is 1. The molecule has 8 heteroatoms. The molecule has 0 fully saturated rings. The zero-order chi connectivity index (χ0) is 24.2. The molecule has 1 unspecified atom stereocenters. The Kier molecular flexibility index (Phi) is 7.14. The van der Waals surface area contributed by atoms with Crippen molar-refractivity contribution in [1.82, 2.24) is 14.9 Å². The van der Waals surface area contributed by atoms with Gasteiger partial charge in [0.25, 0.3) is 5.56 Å². The molecule has 1 amide bonds. The van der Waals surface area contributed by atoms with Gasteiger partial charge in [-0.25, -0.2) is 4.98 Å². The SMILES string of the molecule is CC(=O)NC(C)c1ccc(C(=O)CSc2nc3ccccc3c(=O)n2-c2ccccc2Cl)cc1. The average Bonchev–Trinajstić information content (AvgIpc) is 2.83. The van der Waals surface area contributed by atoms with E-state index >= 15 is 0 Å². The maximum Gasteiger partial charge on any atom is 0.266 e. The van der Waals surface area contributed by atoms with Gasteiger partial charge in [-0.1, -0.05) is 71.9 Å². The first kappa shape index (κ1) is 23.7. The molecule has 1 N–H and O–H groups in total. The van der Waals surface area contributed by atoms with Crippen LogP contribution in [0.1, 0.15) is 35.8 Å². The van der Waals surface area contributed by atoms with Crippen molar-refractivity contribution in [3.05, 3.63) is 99.3 Å². The number of nitrogens with zero attached hydrogens (tertiary/aromatic N) is 2. The second kappa shape index (κ2) is 10.2. The summed E-state index contributed by atoms with van der Waals surface area (Å²) >= 11 is 7.58. The van der Waals surface area contributed by atoms with Crippen LogP contribution in [-0.2, 0) is 4.79 Å². The monoisotopic (exact) mass is 491 g/mol. The first-order valence-corrected chi connectivity index (χ1v) is 12.0. The first-order chi connectivity index (χ1) is 16.3. The van der Waals surface area contributed by atoms with Crippen molar-refractivity contribution < 1.29 is 9.59 Å². The Morgan fingerprint density at radius 1 is 1.03 bits per heavy atom. The third-order valence-electron chi connectivity index (χ3n) is 5.32. The quantitative estimate of drug-likeness (QED) is 0.218. The Morgan fingerprint density at radius 3 is 2.41 bits per heavy atom. The fourth-order valence-corrected chi connectivity index (χ4v) is 4.73. The van der Waals surface area contributed by atoms with Gasteiger partial charge in [-0.2, -0.15) is 0 Å². The zero-order valence-corrected chi connectivity index (χ0v) is 20.2. The van der Waals surface area contributed by atoms with Crippen LogP contribution in [0.3, 0.4) is 0 Å². The number of rotatable bonds is 7. The lowest BCUT2D eigenvalue weighted by atomic mass is 10.0. The molecule has 1 aromatic heterocycles. The molecule has 0 saturated carbocycles. The number of fused-ring (bicyclic) bond motifs is 1. The van der Waals surface area contributed by atoms with Crippen molar-refractivity contribution in [1.29, 1.82) is 0 Å². The summed E-state index contributed by atoms with van der Waals surface area (Å²) in [6.07, 6.45) is 0. The van der Waals surface area contributed by atoms with Crippen LogP contribution in [0.4, 0.5) is 0 Å². The molecule has 0 aliphatic carbocycles. The summed E-state index contributed by atoms with van der Waals surface area (Å²) in [5, 5.41) is 4.10. The maximum absolute atomic E-state index is 13.3. The summed E-state index contributed by atoms with van der Waals surface area (Å²) in [5.74, 6) is -0.121. The average molecular weight is 492 g/mol. The number of carbonyl (C=O) groups is 2. The number of carbonyl (C=O) groups excluding carboxylic acids is 2. The molecular formula is C26H22ClN3O3S. The largest absolute Gasteiger partial charge is 0.350 e. The lowest BCUT2D eigenvalue weighted by molar-refractivity contribution is -0.119. The maximum atomic E-state index is 13.3. The van der Waals surface area contributed by atoms with Crippen LogP contribution in [-0.4, -0.2) is 27.0 Å². The van der Waals surface area contributed by atoms with Crippen LogP contribution >= 0.6 is 23.4 Å². The molecule has 1 heterocycles. The summed E-state index contributed by atoms with van der Waals surface area (Å²) < 4.78 is 1.46. The van der Waals surface area contributed by atoms with Gasteiger partial charge in [0.15, 0.2) is 10.9 Å². The molecule has 0 saturated heterocycles. The Morgan fingerprint density at radius 2 is 1.71 bits per heavy atom. The minimum absolute atomic E-state index is 0.0931. The molecule has 0 aliphatic rings. The predicted octanol–water partition coefficient (Wildman–Crippen LogP) is 5.21. The van der Waals surface area contributed by atoms with Crippen LogP contribution in [0, 0.1) is 0 Å². The van der Waals surface area contributed by atoms with Crippen molar-refractivity contribution in [2.24, 2.45) is 0 Å². The van der Waals surface area contributed by atoms with Gasteiger partial charge in [0.2, 0.25) is 5.91 Å². The smallest absolute Gasteiger partial charge is 0.266 e. The van der Waals surface area contributed by atoms with Gasteiger partial charge in [-0.3, -0.25) is 19.0 Å². The van der Waals surface area contributed by atoms with E-state index in [0.29, 0.717) is 32.3 Å². The van der Waals surface area contributed by atoms with Crippen LogP contribution in [0.25, 0.3) is 16.6 Å². The molecular weight excluding hydrogens is 470 g/mol. The molecule has 34 heavy (non-hydrogen) atoms. The number of ketones is 1. The van der Waals surface area contributed by atoms with Gasteiger partial charge in [0.1, 0.15) is 0 Å². The number of hydrogen-bond acceptors (Lipinski definition) is 5. The van der Waals surface area contributed by atoms with Crippen molar-refractivity contribution >= 4 is 46.0 Å². The summed E-state index contributed by atoms with van der Waals surface area (Å²) in [4.78, 5) is 42.2. The van der Waals surface area contributed by atoms with E-state index in [9.17, 15) is 14.4 Å². The van der Waals surface area contributed by atoms with Crippen LogP contribution < -0.4 is 10.9 Å². The summed E-state index contributed by atoms with van der Waals surface area (Å²) in [5.41, 5.74) is 2.27. The molecule has 0 spiro atoms. The van der Waals surface area contributed by atoms with Crippen LogP contribution in [0.2, 0.25) is 5.02 Å². The molecule has 4 aromatic rings. The molecule has 0 aliphatic heterocycles. The van der Waals surface area contributed by atoms with Crippen LogP contribution in [0.5, 0.6) is 0 Å². The van der Waals surface area contributed by atoms with Gasteiger partial charge in [0, 0.05) is 12.5 Å². The predicted molar refractivity (Wildman–Crippen MR) is 136 cm³/mol. The first-order valence-electron chi connectivity index (χ1n) is 10.6. The van der Waals surface area contributed by atoms with E-state index < -0.39 is 0 Å². The van der Waals surface area contributed by atoms with Crippen molar-refractivity contribution in [3.8, 4) is 5.69 Å². The van der Waals surface area contributed by atoms with Gasteiger partial charge in [-0.15, -0.1) is 0 Å². The molecule has 1 atom stereocenters. The minimum atomic E-state index is -0.245. The lowest BCUT2D eigenvalue weighted by Crippen LogP contribution is -2.23. The van der Waals surface area contributed by atoms with Gasteiger partial charge < -0.3 is 5.32 Å². The van der Waals surface area contributed by atoms with E-state index in [1.165, 1.54) is 23.3 Å². The van der Waals surface area contributed by atoms with Crippen molar-refractivity contribution in [2.75, 3.05) is 5.75 Å². The van der Waals surface area contributed by atoms with Crippen molar-refractivity contribution in [3.63, 3.8) is 0 Å². The van der Waals surface area contributed by atoms with Gasteiger partial charge >= 0.3 is 0 Å². The lowest BCUT2D eigenvalue weighted by Gasteiger charge is -2.14. The number of aromatic nitrogens is 2. The number of para-hydroxylation sites is 2. The minimum Gasteiger partial charge on any atom is -0.350 e. The topological polar surface area (TPSA) is 81.1 Å². The number of Topliss-reactive ketones (excluding diaryl/α,β-unsaturated/α-hetero) is 1. The van der Waals surface area contributed by atoms with Gasteiger partial charge in [-0.05, 0) is 36.8 Å². The highest BCUT2D eigenvalue weighted by Gasteiger charge is 2.17. The van der Waals surface area contributed by atoms with E-state index in [-0.39, 0.29) is 29.0 Å². The number of amides is 1. The second-order valence-electron chi connectivity index (χ2n) is 7.76. The Bertz CT molecular complexity index is 1430. The molecule has 3 aromatic carbocycles. The standard InChI is InChI=1S/C26H22ClN3O3S/c1-16(28-17(2)31)18-11-13-19(14-12-18)24(32)15-34-26-29-22-9-5-3-7-20(22)25(33)30(26)23-10-6-4-8-21(23)27/h3-14,16H,15H2,1-2H3,(H,28,31). The summed E-state index contributed by atoms with van der Waals surface area (Å²) in [6.45, 7) is 3.35. The Hall–Kier alpha value is -3.42. The normalized spacial score (nSPS) is 11.9. The van der Waals surface area contributed by atoms with Crippen molar-refractivity contribution in [2.45, 2.75) is 25.0 Å². The van der Waals surface area contributed by atoms with E-state index in [0.717, 1.165) is 5.56 Å². The number of hydrogen-bond donors (Lipinski definition) is 1. The molecule has 172 valence electrons. The summed E-state index contributed by atoms with van der Waals surface area (Å²) in [6, 6.07) is 21.1. The Balaban J connectivity index is 1.63. The number of benzene rings is 3. The van der Waals surface area contributed by atoms with Gasteiger partial charge in [0.05, 0.1) is 33.4 Å². The highest BCUT2D eigenvalue weighted by molar-refractivity contribution is 7.99. The zero-order valence-electron chi connectivity index (χ0n) is 18.6. The van der Waals surface area contributed by atoms with E-state index in [4.69, 9.17) is 11.6 Å². The van der Waals surface area contributed by atoms with E-state index in [1.807, 2.05) is 25.1 Å². The molecule has 0 bridgehead atoms. The second-order valence-corrected chi connectivity index (χ2v) is 9.11. The highest BCUT2D eigenvalue weighted by Crippen LogP contribution is 2.26. The van der Waals surface area contributed by atoms with E-state index in [1.54, 1.807) is 54.6 Å². The number of nitrogens with one attached hydrogen (secondary N) is 1. The molecule has 6 nitrogen and oxygen atoms in total. The van der Waals surface area contributed by atoms with E-state index in [2.05, 4.69) is 10.3 Å². The third-order valence-corrected chi connectivity index (χ3v) is 6.58. The fraction of sp³-hybridized carbons (Fsp3) is 0.154. The summed E-state index contributed by atoms with van der Waals surface area (Å²) in [7, 11) is 0. The molecule has 4 rings (SSSR count). The Labute approximate surface area is 206 Å². The van der Waals surface area contributed by atoms with Crippen LogP contribution in [0.15, 0.2) is 82.7 Å². The molecule has 0 radical (unpaired) electrons. The highest BCUT2D eigenvalue weighted by atomic mass is 35.5. The number of halogens is 1. The third kappa shape index (κ3) is 5.05. The fourth-order valence-electron chi connectivity index (χ4n) is 3.61.